The first-order valence-electron chi connectivity index (χ1n) is 9.35. The largest absolute Gasteiger partial charge is 0.493 e. The summed E-state index contributed by atoms with van der Waals surface area (Å²) in [7, 11) is 1.60. The SMILES string of the molecule is CCCCOc1ccc(/C=C/C(=O)NC2(C#N)CCCCC2)cc1OC. The Kier molecular flexibility index (Phi) is 7.53. The molecule has 5 nitrogen and oxygen atoms in total. The van der Waals surface area contributed by atoms with Crippen LogP contribution < -0.4 is 14.8 Å². The zero-order valence-corrected chi connectivity index (χ0v) is 15.7. The minimum absolute atomic E-state index is 0.240. The first-order valence-corrected chi connectivity index (χ1v) is 9.35. The number of carbonyl (C=O) groups is 1. The van der Waals surface area contributed by atoms with Gasteiger partial charge >= 0.3 is 0 Å². The molecule has 0 heterocycles. The lowest BCUT2D eigenvalue weighted by Crippen LogP contribution is -2.48. The number of carbonyl (C=O) groups excluding carboxylic acids is 1. The van der Waals surface area contributed by atoms with Crippen LogP contribution >= 0.6 is 0 Å². The number of methoxy groups -OCH3 is 1. The molecule has 5 heteroatoms. The number of amides is 1. The Hall–Kier alpha value is -2.48. The van der Waals surface area contributed by atoms with Gasteiger partial charge in [-0.25, -0.2) is 0 Å². The van der Waals surface area contributed by atoms with Gasteiger partial charge in [-0.15, -0.1) is 0 Å². The third-order valence-corrected chi connectivity index (χ3v) is 4.65. The minimum atomic E-state index is -0.714. The molecule has 0 atom stereocenters. The van der Waals surface area contributed by atoms with Crippen LogP contribution in [0.15, 0.2) is 24.3 Å². The van der Waals surface area contributed by atoms with Crippen LogP contribution in [0.25, 0.3) is 6.08 Å². The minimum Gasteiger partial charge on any atom is -0.493 e. The van der Waals surface area contributed by atoms with E-state index in [-0.39, 0.29) is 5.91 Å². The van der Waals surface area contributed by atoms with Gasteiger partial charge in [0.1, 0.15) is 5.54 Å². The molecule has 0 aromatic heterocycles. The first-order chi connectivity index (χ1) is 12.6. The number of rotatable bonds is 8. The van der Waals surface area contributed by atoms with Crippen LogP contribution in [0, 0.1) is 11.3 Å². The van der Waals surface area contributed by atoms with Gasteiger partial charge in [0.25, 0.3) is 0 Å². The predicted octanol–water partition coefficient (Wildman–Crippen LogP) is 4.23. The second-order valence-electron chi connectivity index (χ2n) is 6.69. The molecule has 2 rings (SSSR count). The third kappa shape index (κ3) is 5.52. The van der Waals surface area contributed by atoms with Gasteiger partial charge in [-0.05, 0) is 43.0 Å². The average Bonchev–Trinajstić information content (AvgIpc) is 2.68. The summed E-state index contributed by atoms with van der Waals surface area (Å²) in [5.41, 5.74) is 0.128. The molecule has 0 bridgehead atoms. The topological polar surface area (TPSA) is 71.3 Å². The smallest absolute Gasteiger partial charge is 0.245 e. The Morgan fingerprint density at radius 2 is 2.08 bits per heavy atom. The number of hydrogen-bond donors (Lipinski definition) is 1. The van der Waals surface area contributed by atoms with E-state index in [0.717, 1.165) is 50.5 Å². The molecule has 1 fully saturated rings. The van der Waals surface area contributed by atoms with Gasteiger partial charge in [0.05, 0.1) is 19.8 Å². The molecule has 0 radical (unpaired) electrons. The molecule has 0 unspecified atom stereocenters. The zero-order valence-electron chi connectivity index (χ0n) is 15.7. The van der Waals surface area contributed by atoms with Crippen molar-refractivity contribution < 1.29 is 14.3 Å². The highest BCUT2D eigenvalue weighted by molar-refractivity contribution is 5.92. The Morgan fingerprint density at radius 1 is 1.31 bits per heavy atom. The number of nitrogens with zero attached hydrogens (tertiary/aromatic N) is 1. The fourth-order valence-corrected chi connectivity index (χ4v) is 3.10. The average molecular weight is 356 g/mol. The summed E-state index contributed by atoms with van der Waals surface area (Å²) in [4.78, 5) is 12.2. The van der Waals surface area contributed by atoms with Gasteiger partial charge in [-0.2, -0.15) is 5.26 Å². The van der Waals surface area contributed by atoms with Gasteiger partial charge in [-0.1, -0.05) is 38.7 Å². The van der Waals surface area contributed by atoms with Crippen molar-refractivity contribution in [2.24, 2.45) is 0 Å². The maximum atomic E-state index is 12.2. The number of hydrogen-bond acceptors (Lipinski definition) is 4. The van der Waals surface area contributed by atoms with E-state index in [1.165, 1.54) is 6.08 Å². The van der Waals surface area contributed by atoms with Gasteiger partial charge in [0.2, 0.25) is 5.91 Å². The van der Waals surface area contributed by atoms with Gasteiger partial charge in [-0.3, -0.25) is 4.79 Å². The molecule has 26 heavy (non-hydrogen) atoms. The first kappa shape index (κ1) is 19.8. The third-order valence-electron chi connectivity index (χ3n) is 4.65. The molecule has 0 aliphatic heterocycles. The van der Waals surface area contributed by atoms with Crippen molar-refractivity contribution in [2.45, 2.75) is 57.4 Å². The molecular formula is C21H28N2O3. The summed E-state index contributed by atoms with van der Waals surface area (Å²) in [6.07, 6.45) is 9.79. The molecule has 1 saturated carbocycles. The number of nitrogens with one attached hydrogen (secondary N) is 1. The summed E-state index contributed by atoms with van der Waals surface area (Å²) in [6, 6.07) is 7.87. The van der Waals surface area contributed by atoms with Gasteiger partial charge < -0.3 is 14.8 Å². The normalized spacial score (nSPS) is 16.0. The van der Waals surface area contributed by atoms with Crippen LogP contribution in [0.1, 0.15) is 57.4 Å². The van der Waals surface area contributed by atoms with Crippen molar-refractivity contribution >= 4 is 12.0 Å². The molecule has 1 aromatic rings. The van der Waals surface area contributed by atoms with E-state index in [1.807, 2.05) is 18.2 Å². The molecule has 1 aliphatic rings. The highest BCUT2D eigenvalue weighted by atomic mass is 16.5. The molecule has 1 amide bonds. The highest BCUT2D eigenvalue weighted by Gasteiger charge is 2.32. The fourth-order valence-electron chi connectivity index (χ4n) is 3.10. The van der Waals surface area contributed by atoms with Crippen molar-refractivity contribution in [1.82, 2.24) is 5.32 Å². The van der Waals surface area contributed by atoms with Gasteiger partial charge in [0, 0.05) is 6.08 Å². The number of unbranched alkanes of at least 4 members (excludes halogenated alkanes) is 1. The maximum Gasteiger partial charge on any atom is 0.245 e. The zero-order chi connectivity index (χ0) is 18.8. The fraction of sp³-hybridized carbons (Fsp3) is 0.524. The van der Waals surface area contributed by atoms with E-state index in [0.29, 0.717) is 18.1 Å². The van der Waals surface area contributed by atoms with E-state index in [1.54, 1.807) is 13.2 Å². The summed E-state index contributed by atoms with van der Waals surface area (Å²) in [6.45, 7) is 2.77. The second kappa shape index (κ2) is 9.86. The predicted molar refractivity (Wildman–Crippen MR) is 102 cm³/mol. The maximum absolute atomic E-state index is 12.2. The lowest BCUT2D eigenvalue weighted by Gasteiger charge is -2.31. The van der Waals surface area contributed by atoms with Crippen molar-refractivity contribution in [3.63, 3.8) is 0 Å². The summed E-state index contributed by atoms with van der Waals surface area (Å²) >= 11 is 0. The molecule has 140 valence electrons. The highest BCUT2D eigenvalue weighted by Crippen LogP contribution is 2.29. The summed E-state index contributed by atoms with van der Waals surface area (Å²) < 4.78 is 11.1. The van der Waals surface area contributed by atoms with Crippen molar-refractivity contribution in [3.05, 3.63) is 29.8 Å². The van der Waals surface area contributed by atoms with E-state index < -0.39 is 5.54 Å². The van der Waals surface area contributed by atoms with E-state index >= 15 is 0 Å². The quantitative estimate of drug-likeness (QED) is 0.559. The molecule has 0 spiro atoms. The summed E-state index contributed by atoms with van der Waals surface area (Å²) in [5.74, 6) is 1.10. The van der Waals surface area contributed by atoms with Crippen molar-refractivity contribution in [2.75, 3.05) is 13.7 Å². The lowest BCUT2D eigenvalue weighted by molar-refractivity contribution is -0.118. The molecule has 1 aliphatic carbocycles. The number of nitriles is 1. The van der Waals surface area contributed by atoms with Crippen LogP contribution in [-0.2, 0) is 4.79 Å². The molecule has 0 saturated heterocycles. The number of ether oxygens (including phenoxy) is 2. The standard InChI is InChI=1S/C21H28N2O3/c1-3-4-14-26-18-10-8-17(15-19(18)25-2)9-11-20(24)23-21(16-22)12-6-5-7-13-21/h8-11,15H,3-7,12-14H2,1-2H3,(H,23,24)/b11-9+. The Balaban J connectivity index is 2.00. The Bertz CT molecular complexity index is 670. The van der Waals surface area contributed by atoms with Crippen molar-refractivity contribution in [1.29, 1.82) is 5.26 Å². The van der Waals surface area contributed by atoms with Crippen LogP contribution in [0.5, 0.6) is 11.5 Å². The monoisotopic (exact) mass is 356 g/mol. The molecule has 1 N–H and O–H groups in total. The lowest BCUT2D eigenvalue weighted by atomic mass is 9.83. The van der Waals surface area contributed by atoms with E-state index in [4.69, 9.17) is 9.47 Å². The van der Waals surface area contributed by atoms with E-state index in [9.17, 15) is 10.1 Å². The Labute approximate surface area is 156 Å². The molecule has 1 aromatic carbocycles. The van der Waals surface area contributed by atoms with Crippen LogP contribution in [0.3, 0.4) is 0 Å². The van der Waals surface area contributed by atoms with Gasteiger partial charge in [0.15, 0.2) is 11.5 Å². The summed E-state index contributed by atoms with van der Waals surface area (Å²) in [5, 5.41) is 12.3. The second-order valence-corrected chi connectivity index (χ2v) is 6.69. The number of benzene rings is 1. The van der Waals surface area contributed by atoms with Crippen LogP contribution in [0.4, 0.5) is 0 Å². The molecular weight excluding hydrogens is 328 g/mol. The van der Waals surface area contributed by atoms with Crippen LogP contribution in [-0.4, -0.2) is 25.2 Å². The van der Waals surface area contributed by atoms with E-state index in [2.05, 4.69) is 18.3 Å². The van der Waals surface area contributed by atoms with Crippen molar-refractivity contribution in [3.8, 4) is 17.6 Å². The van der Waals surface area contributed by atoms with Crippen LogP contribution in [0.2, 0.25) is 0 Å². The Morgan fingerprint density at radius 3 is 2.73 bits per heavy atom.